The van der Waals surface area contributed by atoms with E-state index in [-0.39, 0.29) is 23.4 Å². The summed E-state index contributed by atoms with van der Waals surface area (Å²) in [6, 6.07) is 18.4. The van der Waals surface area contributed by atoms with Crippen LogP contribution in [0, 0.1) is 20.8 Å². The number of hydrogen-bond acceptors (Lipinski definition) is 4. The van der Waals surface area contributed by atoms with Crippen LogP contribution in [-0.4, -0.2) is 43.8 Å². The molecule has 1 N–H and O–H groups in total. The highest BCUT2D eigenvalue weighted by Crippen LogP contribution is 2.29. The monoisotopic (exact) mass is 609 g/mol. The average molecular weight is 610 g/mol. The lowest BCUT2D eigenvalue weighted by atomic mass is 9.95. The molecule has 1 saturated carbocycles. The number of nitrogens with one attached hydrogen (secondary N) is 1. The SMILES string of the molecule is Cc1ccc(S(=O)(=O)N(CC(=O)N(Cc2cccc(Cl)c2)[C@H](C)C(=O)NC2CCCCC2)c2ccc(C)cc2C)cc1. The normalized spacial score (nSPS) is 14.7. The van der Waals surface area contributed by atoms with Crippen molar-refractivity contribution in [1.29, 1.82) is 0 Å². The number of rotatable bonds is 10. The van der Waals surface area contributed by atoms with Gasteiger partial charge < -0.3 is 10.2 Å². The molecule has 0 spiro atoms. The molecule has 0 radical (unpaired) electrons. The summed E-state index contributed by atoms with van der Waals surface area (Å²) in [6.07, 6.45) is 5.11. The van der Waals surface area contributed by atoms with Crippen LogP contribution < -0.4 is 9.62 Å². The zero-order valence-electron chi connectivity index (χ0n) is 24.8. The third kappa shape index (κ3) is 7.72. The van der Waals surface area contributed by atoms with E-state index in [2.05, 4.69) is 5.32 Å². The zero-order valence-corrected chi connectivity index (χ0v) is 26.3. The van der Waals surface area contributed by atoms with E-state index < -0.39 is 28.5 Å². The van der Waals surface area contributed by atoms with Gasteiger partial charge in [-0.1, -0.05) is 78.4 Å². The van der Waals surface area contributed by atoms with Gasteiger partial charge in [0.1, 0.15) is 12.6 Å². The fourth-order valence-electron chi connectivity index (χ4n) is 5.42. The zero-order chi connectivity index (χ0) is 30.4. The molecule has 7 nitrogen and oxygen atoms in total. The third-order valence-corrected chi connectivity index (χ3v) is 9.88. The van der Waals surface area contributed by atoms with E-state index in [1.54, 1.807) is 55.5 Å². The molecule has 0 saturated heterocycles. The van der Waals surface area contributed by atoms with Gasteiger partial charge in [-0.3, -0.25) is 13.9 Å². The fourth-order valence-corrected chi connectivity index (χ4v) is 7.11. The maximum Gasteiger partial charge on any atom is 0.264 e. The number of aryl methyl sites for hydroxylation is 3. The molecule has 1 fully saturated rings. The number of halogens is 1. The first-order valence-corrected chi connectivity index (χ1v) is 16.3. The first-order chi connectivity index (χ1) is 20.0. The first-order valence-electron chi connectivity index (χ1n) is 14.5. The lowest BCUT2D eigenvalue weighted by molar-refractivity contribution is -0.139. The van der Waals surface area contributed by atoms with Crippen LogP contribution in [0.3, 0.4) is 0 Å². The number of sulfonamides is 1. The van der Waals surface area contributed by atoms with Crippen molar-refractivity contribution in [2.75, 3.05) is 10.8 Å². The fraction of sp³-hybridized carbons (Fsp3) is 0.394. The Bertz CT molecular complexity index is 1520. The van der Waals surface area contributed by atoms with Gasteiger partial charge in [0.15, 0.2) is 0 Å². The maximum absolute atomic E-state index is 14.2. The average Bonchev–Trinajstić information content (AvgIpc) is 2.95. The van der Waals surface area contributed by atoms with Gasteiger partial charge in [-0.15, -0.1) is 0 Å². The van der Waals surface area contributed by atoms with Crippen molar-refractivity contribution in [2.45, 2.75) is 83.3 Å². The molecule has 224 valence electrons. The summed E-state index contributed by atoms with van der Waals surface area (Å²) in [4.78, 5) is 29.2. The second-order valence-electron chi connectivity index (χ2n) is 11.3. The van der Waals surface area contributed by atoms with Crippen LogP contribution in [-0.2, 0) is 26.2 Å². The highest BCUT2D eigenvalue weighted by Gasteiger charge is 2.33. The number of nitrogens with zero attached hydrogens (tertiary/aromatic N) is 2. The molecule has 42 heavy (non-hydrogen) atoms. The minimum Gasteiger partial charge on any atom is -0.352 e. The molecule has 3 aromatic rings. The van der Waals surface area contributed by atoms with Crippen LogP contribution >= 0.6 is 11.6 Å². The molecular weight excluding hydrogens is 570 g/mol. The van der Waals surface area contributed by atoms with E-state index in [0.717, 1.165) is 58.7 Å². The number of anilines is 1. The quantitative estimate of drug-likeness (QED) is 0.291. The Morgan fingerprint density at radius 1 is 0.929 bits per heavy atom. The van der Waals surface area contributed by atoms with Crippen molar-refractivity contribution in [2.24, 2.45) is 0 Å². The van der Waals surface area contributed by atoms with Crippen molar-refractivity contribution in [1.82, 2.24) is 10.2 Å². The smallest absolute Gasteiger partial charge is 0.264 e. The summed E-state index contributed by atoms with van der Waals surface area (Å²) in [6.45, 7) is 6.96. The van der Waals surface area contributed by atoms with Gasteiger partial charge >= 0.3 is 0 Å². The van der Waals surface area contributed by atoms with Crippen LogP contribution in [0.5, 0.6) is 0 Å². The van der Waals surface area contributed by atoms with Gasteiger partial charge in [-0.2, -0.15) is 0 Å². The molecule has 9 heteroatoms. The summed E-state index contributed by atoms with van der Waals surface area (Å²) < 4.78 is 29.3. The third-order valence-electron chi connectivity index (χ3n) is 7.87. The Kier molecular flexibility index (Phi) is 10.3. The van der Waals surface area contributed by atoms with Crippen LogP contribution in [0.1, 0.15) is 61.3 Å². The summed E-state index contributed by atoms with van der Waals surface area (Å²) >= 11 is 6.24. The second kappa shape index (κ2) is 13.7. The minimum absolute atomic E-state index is 0.0745. The van der Waals surface area contributed by atoms with Gasteiger partial charge in [-0.25, -0.2) is 8.42 Å². The molecule has 0 unspecified atom stereocenters. The second-order valence-corrected chi connectivity index (χ2v) is 13.6. The van der Waals surface area contributed by atoms with Gasteiger partial charge in [0, 0.05) is 17.6 Å². The van der Waals surface area contributed by atoms with Gasteiger partial charge in [0.05, 0.1) is 10.6 Å². The molecule has 0 aromatic heterocycles. The Morgan fingerprint density at radius 2 is 1.60 bits per heavy atom. The minimum atomic E-state index is -4.12. The maximum atomic E-state index is 14.2. The number of amides is 2. The lowest BCUT2D eigenvalue weighted by Crippen LogP contribution is -2.53. The van der Waals surface area contributed by atoms with E-state index in [1.807, 2.05) is 39.0 Å². The highest BCUT2D eigenvalue weighted by atomic mass is 35.5. The number of hydrogen-bond donors (Lipinski definition) is 1. The molecule has 4 rings (SSSR count). The molecule has 0 heterocycles. The number of carbonyl (C=O) groups excluding carboxylic acids is 2. The van der Waals surface area contributed by atoms with Crippen LogP contribution in [0.15, 0.2) is 71.6 Å². The standard InChI is InChI=1S/C33H40ClN3O4S/c1-23-13-16-30(17-14-23)42(40,41)37(31-18-15-24(2)19-25(31)3)22-32(38)36(21-27-9-8-10-28(34)20-27)26(4)33(39)35-29-11-6-5-7-12-29/h8-10,13-20,26,29H,5-7,11-12,21-22H2,1-4H3,(H,35,39)/t26-/m1/s1. The highest BCUT2D eigenvalue weighted by molar-refractivity contribution is 7.92. The Morgan fingerprint density at radius 3 is 2.24 bits per heavy atom. The molecule has 2 amide bonds. The van der Waals surface area contributed by atoms with E-state index in [4.69, 9.17) is 11.6 Å². The van der Waals surface area contributed by atoms with E-state index >= 15 is 0 Å². The Balaban J connectivity index is 1.70. The van der Waals surface area contributed by atoms with E-state index in [1.165, 1.54) is 4.90 Å². The summed E-state index contributed by atoms with van der Waals surface area (Å²) in [5.74, 6) is -0.742. The molecule has 0 aliphatic heterocycles. The van der Waals surface area contributed by atoms with Crippen LogP contribution in [0.4, 0.5) is 5.69 Å². The van der Waals surface area contributed by atoms with Gasteiger partial charge in [-0.05, 0) is 82.0 Å². The Labute approximate surface area is 254 Å². The van der Waals surface area contributed by atoms with Gasteiger partial charge in [0.25, 0.3) is 10.0 Å². The summed E-state index contributed by atoms with van der Waals surface area (Å²) in [7, 11) is -4.12. The van der Waals surface area contributed by atoms with Crippen LogP contribution in [0.25, 0.3) is 0 Å². The molecule has 1 aliphatic rings. The topological polar surface area (TPSA) is 86.8 Å². The van der Waals surface area contributed by atoms with Gasteiger partial charge in [0.2, 0.25) is 11.8 Å². The van der Waals surface area contributed by atoms with E-state index in [0.29, 0.717) is 10.7 Å². The summed E-state index contributed by atoms with van der Waals surface area (Å²) in [5, 5.41) is 3.63. The number of carbonyl (C=O) groups is 2. The molecule has 1 aliphatic carbocycles. The molecule has 3 aromatic carbocycles. The van der Waals surface area contributed by atoms with Crippen molar-refractivity contribution in [3.8, 4) is 0 Å². The summed E-state index contributed by atoms with van der Waals surface area (Å²) in [5.41, 5.74) is 3.78. The Hall–Kier alpha value is -3.36. The van der Waals surface area contributed by atoms with E-state index in [9.17, 15) is 18.0 Å². The van der Waals surface area contributed by atoms with Crippen molar-refractivity contribution < 1.29 is 18.0 Å². The lowest BCUT2D eigenvalue weighted by Gasteiger charge is -2.33. The van der Waals surface area contributed by atoms with Crippen molar-refractivity contribution in [3.05, 3.63) is 94.0 Å². The first kappa shape index (κ1) is 31.6. The number of benzene rings is 3. The van der Waals surface area contributed by atoms with Crippen molar-refractivity contribution in [3.63, 3.8) is 0 Å². The molecule has 0 bridgehead atoms. The largest absolute Gasteiger partial charge is 0.352 e. The molecular formula is C33H40ClN3O4S. The van der Waals surface area contributed by atoms with Crippen molar-refractivity contribution >= 4 is 39.1 Å². The van der Waals surface area contributed by atoms with Crippen LogP contribution in [0.2, 0.25) is 5.02 Å². The molecule has 1 atom stereocenters. The predicted molar refractivity (Wildman–Crippen MR) is 168 cm³/mol. The predicted octanol–water partition coefficient (Wildman–Crippen LogP) is 6.33.